The number of hydrogen-bond acceptors (Lipinski definition) is 5. The molecule has 0 fully saturated rings. The highest BCUT2D eigenvalue weighted by molar-refractivity contribution is 8.03. The molecule has 3 aliphatic rings. The Morgan fingerprint density at radius 2 is 1.26 bits per heavy atom. The minimum atomic E-state index is -0.160. The Bertz CT molecular complexity index is 3080. The zero-order valence-corrected chi connectivity index (χ0v) is 32.5. The summed E-state index contributed by atoms with van der Waals surface area (Å²) in [5, 5.41) is 12.8. The molecule has 7 aromatic carbocycles. The second kappa shape index (κ2) is 13.2. The first-order valence-corrected chi connectivity index (χ1v) is 21.2. The Morgan fingerprint density at radius 3 is 2.05 bits per heavy atom. The zero-order chi connectivity index (χ0) is 37.5. The van der Waals surface area contributed by atoms with E-state index in [9.17, 15) is 0 Å². The fourth-order valence-electron chi connectivity index (χ4n) is 9.39. The number of benzene rings is 7. The third-order valence-corrected chi connectivity index (χ3v) is 14.4. The van der Waals surface area contributed by atoms with Crippen LogP contribution in [0.1, 0.15) is 34.9 Å². The highest BCUT2D eigenvalue weighted by atomic mass is 32.2. The van der Waals surface area contributed by atoms with Crippen LogP contribution in [0.4, 0.5) is 0 Å². The first kappa shape index (κ1) is 33.0. The van der Waals surface area contributed by atoms with Crippen LogP contribution < -0.4 is 10.6 Å². The molecular weight excluding hydrogens is 733 g/mol. The van der Waals surface area contributed by atoms with E-state index in [2.05, 4.69) is 197 Å². The van der Waals surface area contributed by atoms with Crippen LogP contribution in [0.2, 0.25) is 0 Å². The summed E-state index contributed by atoms with van der Waals surface area (Å²) >= 11 is 3.84. The standard InChI is InChI=1S/C51H36N4S2/c1-3-15-31(16-4-1)49-52-50(32-17-5-2-6-18-32)54-51(53-49)39-25-14-30-44-46(39)37-23-11-22-36(47(37)56-44)35-21-13-29-43-45(35)38-24-12-28-42(48(38)57-43)55-40-26-9-7-19-33(40)34-20-8-10-27-41(34)55/h1-30,39,46,49-50,52H,(H,53,54). The third-order valence-electron chi connectivity index (χ3n) is 11.9. The van der Waals surface area contributed by atoms with Gasteiger partial charge in [-0.2, -0.15) is 0 Å². The molecule has 1 aliphatic carbocycles. The molecule has 0 spiro atoms. The molecule has 272 valence electrons. The van der Waals surface area contributed by atoms with Crippen molar-refractivity contribution in [3.05, 3.63) is 204 Å². The van der Waals surface area contributed by atoms with Gasteiger partial charge in [-0.3, -0.25) is 5.32 Å². The molecule has 4 heterocycles. The molecule has 4 nitrogen and oxygen atoms in total. The smallest absolute Gasteiger partial charge is 0.129 e. The van der Waals surface area contributed by atoms with E-state index in [4.69, 9.17) is 4.99 Å². The Kier molecular flexibility index (Phi) is 7.65. The average molecular weight is 769 g/mol. The molecule has 2 aliphatic heterocycles. The molecule has 0 amide bonds. The Labute approximate surface area is 338 Å². The summed E-state index contributed by atoms with van der Waals surface area (Å²) in [5.41, 5.74) is 10.0. The molecule has 6 heteroatoms. The van der Waals surface area contributed by atoms with Crippen LogP contribution in [0.5, 0.6) is 0 Å². The van der Waals surface area contributed by atoms with Crippen molar-refractivity contribution < 1.29 is 0 Å². The number of nitrogens with zero attached hydrogens (tertiary/aromatic N) is 2. The number of para-hydroxylation sites is 2. The van der Waals surface area contributed by atoms with Gasteiger partial charge in [0.15, 0.2) is 0 Å². The number of amidine groups is 1. The lowest BCUT2D eigenvalue weighted by molar-refractivity contribution is 0.397. The fraction of sp³-hybridized carbons (Fsp3) is 0.0784. The number of fused-ring (bicyclic) bond motifs is 9. The summed E-state index contributed by atoms with van der Waals surface area (Å²) in [6, 6.07) is 59.5. The van der Waals surface area contributed by atoms with Gasteiger partial charge in [0.1, 0.15) is 18.2 Å². The number of thiophene rings is 1. The summed E-state index contributed by atoms with van der Waals surface area (Å²) < 4.78 is 5.08. The van der Waals surface area contributed by atoms with Crippen molar-refractivity contribution in [2.45, 2.75) is 23.1 Å². The lowest BCUT2D eigenvalue weighted by Gasteiger charge is -2.36. The minimum Gasteiger partial charge on any atom is -0.354 e. The SMILES string of the molecule is C1=CC(C2=NC(c3ccccc3)NC(c3ccccc3)N2)C2C(=C1)Sc1c(-c3cccc4sc5c(-n6c7ccccc7c7ccccc76)cccc5c34)cccc12. The predicted octanol–water partition coefficient (Wildman–Crippen LogP) is 13.1. The van der Waals surface area contributed by atoms with Crippen molar-refractivity contribution in [2.75, 3.05) is 0 Å². The molecular formula is C51H36N4S2. The molecule has 0 saturated carbocycles. The van der Waals surface area contributed by atoms with Gasteiger partial charge in [0, 0.05) is 43.0 Å². The van der Waals surface area contributed by atoms with Crippen molar-refractivity contribution in [3.63, 3.8) is 0 Å². The van der Waals surface area contributed by atoms with E-state index in [0.29, 0.717) is 0 Å². The second-order valence-electron chi connectivity index (χ2n) is 15.1. The van der Waals surface area contributed by atoms with Gasteiger partial charge in [0.25, 0.3) is 0 Å². The molecule has 9 aromatic rings. The predicted molar refractivity (Wildman–Crippen MR) is 240 cm³/mol. The molecule has 0 saturated heterocycles. The average Bonchev–Trinajstić information content (AvgIpc) is 3.97. The van der Waals surface area contributed by atoms with Crippen molar-refractivity contribution in [1.29, 1.82) is 0 Å². The number of aliphatic imine (C=N–C) groups is 1. The van der Waals surface area contributed by atoms with Crippen LogP contribution >= 0.6 is 23.1 Å². The number of rotatable bonds is 5. The quantitative estimate of drug-likeness (QED) is 0.183. The van der Waals surface area contributed by atoms with Gasteiger partial charge < -0.3 is 9.88 Å². The van der Waals surface area contributed by atoms with Gasteiger partial charge in [-0.25, -0.2) is 4.99 Å². The highest BCUT2D eigenvalue weighted by Crippen LogP contribution is 2.57. The van der Waals surface area contributed by atoms with Crippen LogP contribution in [0.25, 0.3) is 58.8 Å². The fourth-order valence-corrected chi connectivity index (χ4v) is 12.0. The first-order valence-electron chi connectivity index (χ1n) is 19.6. The summed E-state index contributed by atoms with van der Waals surface area (Å²) in [6.45, 7) is 0. The molecule has 57 heavy (non-hydrogen) atoms. The Balaban J connectivity index is 0.986. The van der Waals surface area contributed by atoms with Crippen molar-refractivity contribution in [2.24, 2.45) is 10.9 Å². The maximum atomic E-state index is 5.41. The van der Waals surface area contributed by atoms with Crippen LogP contribution in [0.3, 0.4) is 0 Å². The normalized spacial score (nSPS) is 20.1. The summed E-state index contributed by atoms with van der Waals surface area (Å²) in [5.74, 6) is 1.26. The highest BCUT2D eigenvalue weighted by Gasteiger charge is 2.40. The molecule has 4 unspecified atom stereocenters. The second-order valence-corrected chi connectivity index (χ2v) is 17.2. The number of thioether (sulfide) groups is 1. The lowest BCUT2D eigenvalue weighted by atomic mass is 9.80. The van der Waals surface area contributed by atoms with Gasteiger partial charge in [-0.05, 0) is 57.0 Å². The van der Waals surface area contributed by atoms with Crippen LogP contribution in [0, 0.1) is 5.92 Å². The molecule has 0 radical (unpaired) electrons. The van der Waals surface area contributed by atoms with Crippen molar-refractivity contribution in [1.82, 2.24) is 15.2 Å². The van der Waals surface area contributed by atoms with Gasteiger partial charge in [0.05, 0.1) is 21.4 Å². The summed E-state index contributed by atoms with van der Waals surface area (Å²) in [4.78, 5) is 8.13. The Hall–Kier alpha value is -6.18. The Morgan fingerprint density at radius 1 is 0.596 bits per heavy atom. The largest absolute Gasteiger partial charge is 0.354 e. The van der Waals surface area contributed by atoms with Crippen LogP contribution in [-0.4, -0.2) is 10.4 Å². The molecule has 2 aromatic heterocycles. The van der Waals surface area contributed by atoms with E-state index in [1.165, 1.54) is 79.7 Å². The number of aromatic nitrogens is 1. The third kappa shape index (κ3) is 5.21. The van der Waals surface area contributed by atoms with Gasteiger partial charge in [-0.15, -0.1) is 11.3 Å². The van der Waals surface area contributed by atoms with E-state index in [-0.39, 0.29) is 24.2 Å². The monoisotopic (exact) mass is 768 g/mol. The maximum Gasteiger partial charge on any atom is 0.129 e. The molecule has 2 N–H and O–H groups in total. The zero-order valence-electron chi connectivity index (χ0n) is 30.8. The minimum absolute atomic E-state index is 0.0663. The van der Waals surface area contributed by atoms with Gasteiger partial charge >= 0.3 is 0 Å². The van der Waals surface area contributed by atoms with Crippen LogP contribution in [0.15, 0.2) is 197 Å². The van der Waals surface area contributed by atoms with E-state index >= 15 is 0 Å². The number of nitrogens with one attached hydrogen (secondary N) is 2. The number of allylic oxidation sites excluding steroid dienone is 3. The van der Waals surface area contributed by atoms with E-state index in [1.807, 2.05) is 23.1 Å². The van der Waals surface area contributed by atoms with Gasteiger partial charge in [-0.1, -0.05) is 170 Å². The lowest BCUT2D eigenvalue weighted by Crippen LogP contribution is -2.48. The van der Waals surface area contributed by atoms with E-state index in [1.54, 1.807) is 0 Å². The topological polar surface area (TPSA) is 41.4 Å². The first-order chi connectivity index (χ1) is 28.3. The summed E-state index contributed by atoms with van der Waals surface area (Å²) in [6.07, 6.45) is 6.68. The molecule has 0 bridgehead atoms. The van der Waals surface area contributed by atoms with Crippen LogP contribution in [-0.2, 0) is 0 Å². The maximum absolute atomic E-state index is 5.41. The molecule has 12 rings (SSSR count). The van der Waals surface area contributed by atoms with Crippen molar-refractivity contribution in [3.8, 4) is 16.8 Å². The van der Waals surface area contributed by atoms with Gasteiger partial charge in [0.2, 0.25) is 0 Å². The van der Waals surface area contributed by atoms with E-state index in [0.717, 1.165) is 11.4 Å². The number of hydrogen-bond donors (Lipinski definition) is 2. The van der Waals surface area contributed by atoms with E-state index < -0.39 is 0 Å². The summed E-state index contributed by atoms with van der Waals surface area (Å²) in [7, 11) is 0. The molecule has 4 atom stereocenters. The van der Waals surface area contributed by atoms with Crippen molar-refractivity contribution >= 4 is 70.9 Å².